The number of aromatic nitrogens is 4. The quantitative estimate of drug-likeness (QED) is 0.367. The Balaban J connectivity index is 1.79. The molecule has 2 aromatic heterocycles. The van der Waals surface area contributed by atoms with E-state index in [-0.39, 0.29) is 35.3 Å². The molecular formula is C19H23F2N5O6P+. The van der Waals surface area contributed by atoms with E-state index in [1.807, 2.05) is 0 Å². The van der Waals surface area contributed by atoms with Gasteiger partial charge in [-0.15, -0.1) is 4.52 Å². The highest BCUT2D eigenvalue weighted by molar-refractivity contribution is 7.33. The highest BCUT2D eigenvalue weighted by Gasteiger charge is 2.45. The van der Waals surface area contributed by atoms with Crippen molar-refractivity contribution >= 4 is 25.4 Å². The van der Waals surface area contributed by atoms with Crippen molar-refractivity contribution in [3.8, 4) is 11.6 Å². The van der Waals surface area contributed by atoms with Crippen molar-refractivity contribution in [1.82, 2.24) is 19.5 Å². The largest absolute Gasteiger partial charge is 0.750 e. The number of anilines is 1. The first-order valence-electron chi connectivity index (χ1n) is 9.85. The lowest BCUT2D eigenvalue weighted by molar-refractivity contribution is -0.249. The summed E-state index contributed by atoms with van der Waals surface area (Å²) in [6.45, 7) is 1.02. The molecule has 0 saturated heterocycles. The Morgan fingerprint density at radius 2 is 2.03 bits per heavy atom. The molecule has 0 aliphatic heterocycles. The van der Waals surface area contributed by atoms with E-state index in [9.17, 15) is 14.1 Å². The van der Waals surface area contributed by atoms with E-state index in [4.69, 9.17) is 24.3 Å². The number of hydrogen-bond donors (Lipinski definition) is 2. The van der Waals surface area contributed by atoms with Crippen LogP contribution in [-0.4, -0.2) is 56.5 Å². The summed E-state index contributed by atoms with van der Waals surface area (Å²) in [5, 5.41) is 9.82. The second-order valence-corrected chi connectivity index (χ2v) is 7.59. The van der Waals surface area contributed by atoms with E-state index in [0.717, 1.165) is 11.5 Å². The number of nitrogens with two attached hydrogens (primary N) is 1. The Kier molecular flexibility index (Phi) is 8.03. The van der Waals surface area contributed by atoms with Crippen LogP contribution in [0.25, 0.3) is 11.2 Å². The lowest BCUT2D eigenvalue weighted by Crippen LogP contribution is -2.43. The van der Waals surface area contributed by atoms with Crippen molar-refractivity contribution in [2.24, 2.45) is 0 Å². The molecule has 3 aromatic rings. The minimum absolute atomic E-state index is 0.0678. The van der Waals surface area contributed by atoms with Crippen LogP contribution in [0.2, 0.25) is 0 Å². The van der Waals surface area contributed by atoms with Crippen LogP contribution >= 0.6 is 8.25 Å². The molecular weight excluding hydrogens is 463 g/mol. The number of ether oxygens (including phenoxy) is 2. The SMILES string of the molecule is CCOc1nc(N)nc2c1ncn2[C@@H](CO)O[C@](F)(CO[P+](=O)Oc1ccccc1)[C@H](C)F. The molecule has 0 aliphatic carbocycles. The summed E-state index contributed by atoms with van der Waals surface area (Å²) in [5.74, 6) is -2.96. The molecule has 0 saturated carbocycles. The zero-order valence-electron chi connectivity index (χ0n) is 17.8. The van der Waals surface area contributed by atoms with Gasteiger partial charge in [0.2, 0.25) is 11.8 Å². The number of hydrogen-bond acceptors (Lipinski definition) is 10. The van der Waals surface area contributed by atoms with Crippen molar-refractivity contribution in [1.29, 1.82) is 0 Å². The first kappa shape index (κ1) is 24.6. The minimum Gasteiger partial charge on any atom is -0.476 e. The van der Waals surface area contributed by atoms with Gasteiger partial charge in [-0.1, -0.05) is 18.2 Å². The van der Waals surface area contributed by atoms with Crippen LogP contribution in [-0.2, 0) is 13.8 Å². The number of imidazole rings is 1. The summed E-state index contributed by atoms with van der Waals surface area (Å²) >= 11 is 0. The summed E-state index contributed by atoms with van der Waals surface area (Å²) in [6.07, 6.45) is -2.54. The molecule has 4 atom stereocenters. The Bertz CT molecular complexity index is 1090. The number of aliphatic hydroxyl groups excluding tert-OH is 1. The standard InChI is InChI=1S/C19H23F2N5O6P/c1-3-29-17-15-16(24-18(22)25-17)26(11-23-15)14(9-27)31-19(21,12(2)20)10-30-33(28)32-13-7-5-4-6-8-13/h4-8,11-12,14,27H,3,9-10H2,1-2H3,(H2,22,24,25)/q+1/t12-,14+,19+/m0/s1. The maximum absolute atomic E-state index is 15.4. The van der Waals surface area contributed by atoms with Gasteiger partial charge in [-0.05, 0) is 26.0 Å². The number of rotatable bonds is 12. The molecule has 178 valence electrons. The Labute approximate surface area is 188 Å². The lowest BCUT2D eigenvalue weighted by atomic mass is 10.2. The van der Waals surface area contributed by atoms with E-state index in [1.54, 1.807) is 25.1 Å². The van der Waals surface area contributed by atoms with Gasteiger partial charge in [-0.25, -0.2) is 18.3 Å². The zero-order valence-corrected chi connectivity index (χ0v) is 18.7. The van der Waals surface area contributed by atoms with Crippen molar-refractivity contribution in [2.75, 3.05) is 25.6 Å². The third kappa shape index (κ3) is 5.88. The Morgan fingerprint density at radius 3 is 2.67 bits per heavy atom. The zero-order chi connectivity index (χ0) is 24.0. The molecule has 0 bridgehead atoms. The summed E-state index contributed by atoms with van der Waals surface area (Å²) < 4.78 is 63.3. The number of alkyl halides is 2. The fourth-order valence-corrected chi connectivity index (χ4v) is 3.37. The van der Waals surface area contributed by atoms with Crippen molar-refractivity contribution in [2.45, 2.75) is 32.1 Å². The molecule has 1 aromatic carbocycles. The highest BCUT2D eigenvalue weighted by Crippen LogP contribution is 2.34. The van der Waals surface area contributed by atoms with Crippen molar-refractivity contribution in [3.63, 3.8) is 0 Å². The number of fused-ring (bicyclic) bond motifs is 1. The third-order valence-corrected chi connectivity index (χ3v) is 5.07. The fourth-order valence-electron chi connectivity index (χ4n) is 2.74. The molecule has 33 heavy (non-hydrogen) atoms. The summed E-state index contributed by atoms with van der Waals surface area (Å²) in [5.41, 5.74) is 5.95. The van der Waals surface area contributed by atoms with E-state index in [0.29, 0.717) is 0 Å². The highest BCUT2D eigenvalue weighted by atomic mass is 31.1. The molecule has 3 N–H and O–H groups in total. The monoisotopic (exact) mass is 486 g/mol. The van der Waals surface area contributed by atoms with E-state index >= 15 is 4.39 Å². The molecule has 0 aliphatic rings. The number of nitrogens with zero attached hydrogens (tertiary/aromatic N) is 4. The first-order valence-corrected chi connectivity index (χ1v) is 10.9. The van der Waals surface area contributed by atoms with Crippen LogP contribution in [0.5, 0.6) is 11.6 Å². The topological polar surface area (TPSA) is 144 Å². The van der Waals surface area contributed by atoms with E-state index < -0.39 is 39.7 Å². The van der Waals surface area contributed by atoms with E-state index in [2.05, 4.69) is 15.0 Å². The molecule has 0 spiro atoms. The Hall–Kier alpha value is -2.99. The molecule has 0 radical (unpaired) electrons. The Morgan fingerprint density at radius 1 is 1.30 bits per heavy atom. The third-order valence-electron chi connectivity index (χ3n) is 4.37. The van der Waals surface area contributed by atoms with Gasteiger partial charge in [-0.2, -0.15) is 9.97 Å². The van der Waals surface area contributed by atoms with Crippen LogP contribution in [0.3, 0.4) is 0 Å². The predicted molar refractivity (Wildman–Crippen MR) is 113 cm³/mol. The van der Waals surface area contributed by atoms with Crippen LogP contribution in [0.15, 0.2) is 36.7 Å². The maximum Gasteiger partial charge on any atom is 0.750 e. The molecule has 3 rings (SSSR count). The number of benzene rings is 1. The molecule has 0 amide bonds. The van der Waals surface area contributed by atoms with E-state index in [1.165, 1.54) is 18.5 Å². The number of nitrogen functional groups attached to an aromatic ring is 1. The fraction of sp³-hybridized carbons (Fsp3) is 0.421. The average Bonchev–Trinajstić information content (AvgIpc) is 3.20. The van der Waals surface area contributed by atoms with Crippen LogP contribution in [0.4, 0.5) is 14.7 Å². The molecule has 2 heterocycles. The normalized spacial score (nSPS) is 15.6. The second kappa shape index (κ2) is 10.8. The number of halogens is 2. The molecule has 1 unspecified atom stereocenters. The van der Waals surface area contributed by atoms with Gasteiger partial charge < -0.3 is 20.3 Å². The van der Waals surface area contributed by atoms with Gasteiger partial charge >= 0.3 is 8.25 Å². The summed E-state index contributed by atoms with van der Waals surface area (Å²) in [7, 11) is -2.83. The van der Waals surface area contributed by atoms with Crippen LogP contribution in [0.1, 0.15) is 20.1 Å². The van der Waals surface area contributed by atoms with Crippen LogP contribution in [0, 0.1) is 0 Å². The maximum atomic E-state index is 15.4. The van der Waals surface area contributed by atoms with Gasteiger partial charge in [0, 0.05) is 4.57 Å². The van der Waals surface area contributed by atoms with Gasteiger partial charge in [0.15, 0.2) is 35.9 Å². The van der Waals surface area contributed by atoms with Crippen molar-refractivity contribution in [3.05, 3.63) is 36.7 Å². The van der Waals surface area contributed by atoms with Crippen molar-refractivity contribution < 1.29 is 37.0 Å². The van der Waals surface area contributed by atoms with Crippen LogP contribution < -0.4 is 15.0 Å². The lowest BCUT2D eigenvalue weighted by Gasteiger charge is -2.29. The molecule has 14 heteroatoms. The first-order chi connectivity index (χ1) is 15.8. The smallest absolute Gasteiger partial charge is 0.476 e. The van der Waals surface area contributed by atoms with Gasteiger partial charge in [0.25, 0.3) is 5.85 Å². The second-order valence-electron chi connectivity index (χ2n) is 6.70. The van der Waals surface area contributed by atoms with Gasteiger partial charge in [0.05, 0.1) is 19.5 Å². The number of para-hydroxylation sites is 1. The van der Waals surface area contributed by atoms with Gasteiger partial charge in [0.1, 0.15) is 0 Å². The molecule has 0 fully saturated rings. The predicted octanol–water partition coefficient (Wildman–Crippen LogP) is 3.09. The number of aliphatic hydroxyl groups is 1. The minimum atomic E-state index is -3.10. The summed E-state index contributed by atoms with van der Waals surface area (Å²) in [4.78, 5) is 12.1. The average molecular weight is 486 g/mol. The van der Waals surface area contributed by atoms with Gasteiger partial charge in [-0.3, -0.25) is 4.57 Å². The summed E-state index contributed by atoms with van der Waals surface area (Å²) in [6, 6.07) is 8.03. The molecule has 11 nitrogen and oxygen atoms in total.